The van der Waals surface area contributed by atoms with Crippen molar-refractivity contribution in [1.82, 2.24) is 0 Å². The second-order valence-electron chi connectivity index (χ2n) is 8.38. The number of aryl methyl sites for hydroxylation is 2. The normalized spacial score (nSPS) is 47.1. The Bertz CT molecular complexity index is 620. The third kappa shape index (κ3) is 1.61. The second kappa shape index (κ2) is 4.59. The summed E-state index contributed by atoms with van der Waals surface area (Å²) in [6.07, 6.45) is 6.57. The smallest absolute Gasteiger partial charge is 0.260 e. The van der Waals surface area contributed by atoms with Gasteiger partial charge in [-0.05, 0) is 80.8 Å². The SMILES string of the molecule is COC1(c2ccc(C)c(C)c2)OOC12C1CC3CC(C1)CC2C3. The highest BCUT2D eigenvalue weighted by Crippen LogP contribution is 2.69. The Balaban J connectivity index is 1.62. The molecule has 5 aliphatic rings. The van der Waals surface area contributed by atoms with Gasteiger partial charge in [-0.3, -0.25) is 0 Å². The van der Waals surface area contributed by atoms with Gasteiger partial charge in [0.1, 0.15) is 0 Å². The lowest BCUT2D eigenvalue weighted by atomic mass is 9.47. The minimum absolute atomic E-state index is 0.267. The minimum Gasteiger partial charge on any atom is -0.345 e. The molecule has 23 heavy (non-hydrogen) atoms. The first-order valence-corrected chi connectivity index (χ1v) is 9.09. The highest BCUT2D eigenvalue weighted by molar-refractivity contribution is 5.36. The molecule has 1 heterocycles. The minimum atomic E-state index is -0.714. The van der Waals surface area contributed by atoms with Crippen molar-refractivity contribution < 1.29 is 14.5 Å². The van der Waals surface area contributed by atoms with Crippen molar-refractivity contribution in [3.05, 3.63) is 34.9 Å². The lowest BCUT2D eigenvalue weighted by Gasteiger charge is -2.68. The number of benzene rings is 1. The van der Waals surface area contributed by atoms with Gasteiger partial charge in [-0.15, -0.1) is 0 Å². The summed E-state index contributed by atoms with van der Waals surface area (Å²) in [5.74, 6) is 2.25. The van der Waals surface area contributed by atoms with E-state index in [9.17, 15) is 0 Å². The lowest BCUT2D eigenvalue weighted by Crippen LogP contribution is -2.76. The van der Waals surface area contributed by atoms with E-state index in [0.717, 1.165) is 17.4 Å². The Morgan fingerprint density at radius 1 is 0.913 bits per heavy atom. The van der Waals surface area contributed by atoms with Crippen LogP contribution in [0.25, 0.3) is 0 Å². The molecule has 124 valence electrons. The van der Waals surface area contributed by atoms with Crippen LogP contribution in [-0.4, -0.2) is 12.7 Å². The molecule has 1 spiro atoms. The maximum absolute atomic E-state index is 6.09. The Hall–Kier alpha value is -0.900. The number of rotatable bonds is 2. The fraction of sp³-hybridized carbons (Fsp3) is 0.700. The van der Waals surface area contributed by atoms with Gasteiger partial charge in [0.25, 0.3) is 5.79 Å². The maximum atomic E-state index is 6.09. The summed E-state index contributed by atoms with van der Waals surface area (Å²) in [6, 6.07) is 6.58. The van der Waals surface area contributed by atoms with Crippen molar-refractivity contribution in [3.8, 4) is 0 Å². The van der Waals surface area contributed by atoms with E-state index in [2.05, 4.69) is 32.0 Å². The average molecular weight is 314 g/mol. The third-order valence-corrected chi connectivity index (χ3v) is 7.34. The molecule has 0 amide bonds. The van der Waals surface area contributed by atoms with Gasteiger partial charge >= 0.3 is 0 Å². The van der Waals surface area contributed by atoms with E-state index in [0.29, 0.717) is 11.8 Å². The van der Waals surface area contributed by atoms with Crippen LogP contribution in [0, 0.1) is 37.5 Å². The summed E-state index contributed by atoms with van der Waals surface area (Å²) < 4.78 is 6.09. The summed E-state index contributed by atoms with van der Waals surface area (Å²) >= 11 is 0. The summed E-state index contributed by atoms with van der Waals surface area (Å²) in [7, 11) is 1.78. The van der Waals surface area contributed by atoms with Crippen LogP contribution in [0.5, 0.6) is 0 Å². The van der Waals surface area contributed by atoms with Gasteiger partial charge in [-0.25, -0.2) is 4.89 Å². The van der Waals surface area contributed by atoms with Crippen LogP contribution in [-0.2, 0) is 20.3 Å². The predicted octanol–water partition coefficient (Wildman–Crippen LogP) is 4.26. The van der Waals surface area contributed by atoms with Crippen molar-refractivity contribution in [3.63, 3.8) is 0 Å². The van der Waals surface area contributed by atoms with E-state index in [4.69, 9.17) is 14.5 Å². The van der Waals surface area contributed by atoms with Gasteiger partial charge in [0, 0.05) is 12.7 Å². The molecule has 1 atom stereocenters. The quantitative estimate of drug-likeness (QED) is 0.763. The molecule has 1 unspecified atom stereocenters. The Morgan fingerprint density at radius 2 is 1.57 bits per heavy atom. The molecule has 4 aliphatic carbocycles. The van der Waals surface area contributed by atoms with Gasteiger partial charge in [-0.2, -0.15) is 4.89 Å². The molecular formula is C20H26O3. The molecule has 3 nitrogen and oxygen atoms in total. The van der Waals surface area contributed by atoms with E-state index in [1.807, 2.05) is 0 Å². The molecule has 1 aromatic carbocycles. The number of hydrogen-bond acceptors (Lipinski definition) is 3. The van der Waals surface area contributed by atoms with Crippen molar-refractivity contribution in [2.24, 2.45) is 23.7 Å². The van der Waals surface area contributed by atoms with E-state index in [1.165, 1.54) is 43.2 Å². The molecule has 1 aromatic rings. The van der Waals surface area contributed by atoms with Crippen LogP contribution in [0.3, 0.4) is 0 Å². The van der Waals surface area contributed by atoms with Gasteiger partial charge < -0.3 is 4.74 Å². The van der Waals surface area contributed by atoms with Gasteiger partial charge in [-0.1, -0.05) is 18.2 Å². The van der Waals surface area contributed by atoms with Gasteiger partial charge in [0.05, 0.1) is 0 Å². The third-order valence-electron chi connectivity index (χ3n) is 7.34. The Kier molecular flexibility index (Phi) is 2.88. The van der Waals surface area contributed by atoms with Gasteiger partial charge in [0.2, 0.25) is 0 Å². The molecular weight excluding hydrogens is 288 g/mol. The molecule has 1 saturated heterocycles. The zero-order valence-electron chi connectivity index (χ0n) is 14.3. The van der Waals surface area contributed by atoms with Crippen LogP contribution in [0.4, 0.5) is 0 Å². The molecule has 3 heteroatoms. The van der Waals surface area contributed by atoms with Crippen molar-refractivity contribution >= 4 is 0 Å². The number of methoxy groups -OCH3 is 1. The van der Waals surface area contributed by atoms with E-state index in [-0.39, 0.29) is 5.60 Å². The highest BCUT2D eigenvalue weighted by atomic mass is 17.3. The van der Waals surface area contributed by atoms with Crippen LogP contribution < -0.4 is 0 Å². The van der Waals surface area contributed by atoms with Crippen molar-refractivity contribution in [1.29, 1.82) is 0 Å². The molecule has 6 rings (SSSR count). The largest absolute Gasteiger partial charge is 0.345 e. The first-order valence-electron chi connectivity index (χ1n) is 9.09. The Morgan fingerprint density at radius 3 is 2.04 bits per heavy atom. The van der Waals surface area contributed by atoms with E-state index in [1.54, 1.807) is 7.11 Å². The second-order valence-corrected chi connectivity index (χ2v) is 8.38. The molecule has 5 fully saturated rings. The fourth-order valence-electron chi connectivity index (χ4n) is 6.30. The van der Waals surface area contributed by atoms with Crippen molar-refractivity contribution in [2.75, 3.05) is 7.11 Å². The molecule has 0 aromatic heterocycles. The fourth-order valence-corrected chi connectivity index (χ4v) is 6.30. The zero-order valence-corrected chi connectivity index (χ0v) is 14.3. The topological polar surface area (TPSA) is 27.7 Å². The van der Waals surface area contributed by atoms with Crippen molar-refractivity contribution in [2.45, 2.75) is 57.3 Å². The molecule has 1 aliphatic heterocycles. The van der Waals surface area contributed by atoms with Crippen LogP contribution >= 0.6 is 0 Å². The molecule has 4 saturated carbocycles. The molecule has 0 N–H and O–H groups in total. The summed E-state index contributed by atoms with van der Waals surface area (Å²) in [5.41, 5.74) is 3.45. The predicted molar refractivity (Wildman–Crippen MR) is 86.5 cm³/mol. The van der Waals surface area contributed by atoms with Gasteiger partial charge in [0.15, 0.2) is 5.60 Å². The first kappa shape index (κ1) is 14.4. The average Bonchev–Trinajstić information content (AvgIpc) is 2.50. The first-order chi connectivity index (χ1) is 11.1. The Labute approximate surface area is 138 Å². The standard InChI is InChI=1S/C20H26O3/c1-12-4-5-16(6-13(12)2)20(21-3)19(22-23-20)17-8-14-7-15(10-17)11-18(19)9-14/h4-6,14-15,17-18H,7-11H2,1-3H3. The maximum Gasteiger partial charge on any atom is 0.260 e. The van der Waals surface area contributed by atoms with Crippen LogP contribution in [0.15, 0.2) is 18.2 Å². The van der Waals surface area contributed by atoms with E-state index < -0.39 is 5.79 Å². The van der Waals surface area contributed by atoms with E-state index >= 15 is 0 Å². The summed E-state index contributed by atoms with van der Waals surface area (Å²) in [4.78, 5) is 11.8. The van der Waals surface area contributed by atoms with Crippen LogP contribution in [0.1, 0.15) is 48.8 Å². The zero-order chi connectivity index (χ0) is 15.8. The number of ether oxygens (including phenoxy) is 1. The highest BCUT2D eigenvalue weighted by Gasteiger charge is 2.76. The number of hydrogen-bond donors (Lipinski definition) is 0. The summed E-state index contributed by atoms with van der Waals surface area (Å²) in [6.45, 7) is 4.31. The summed E-state index contributed by atoms with van der Waals surface area (Å²) in [5, 5.41) is 0. The molecule has 0 radical (unpaired) electrons. The van der Waals surface area contributed by atoms with Crippen LogP contribution in [0.2, 0.25) is 0 Å². The lowest BCUT2D eigenvalue weighted by molar-refractivity contribution is -0.645. The molecule has 4 bridgehead atoms. The monoisotopic (exact) mass is 314 g/mol.